The Bertz CT molecular complexity index is 616. The Morgan fingerprint density at radius 3 is 2.48 bits per heavy atom. The molecule has 2 heteroatoms. The minimum atomic E-state index is 0.110. The van der Waals surface area contributed by atoms with E-state index in [1.54, 1.807) is 0 Å². The summed E-state index contributed by atoms with van der Waals surface area (Å²) in [6.07, 6.45) is 12.2. The number of hydrogen-bond acceptors (Lipinski definition) is 1. The van der Waals surface area contributed by atoms with Gasteiger partial charge < -0.3 is 5.32 Å². The van der Waals surface area contributed by atoms with Gasteiger partial charge in [0.15, 0.2) is 0 Å². The van der Waals surface area contributed by atoms with Gasteiger partial charge in [0.2, 0.25) is 5.91 Å². The fourth-order valence-electron chi connectivity index (χ4n) is 7.48. The fraction of sp³-hybridized carbons (Fsp3) is 0.870. The molecule has 0 saturated heterocycles. The van der Waals surface area contributed by atoms with Crippen LogP contribution in [0.2, 0.25) is 0 Å². The van der Waals surface area contributed by atoms with Gasteiger partial charge in [-0.2, -0.15) is 0 Å². The SMILES string of the molecule is CC(C)(C)[C@@]1(C)C[C@H]2NC(=O)C=C[C@]2(C)[C@H]2CC[C@]3(C)CCC[C@H]3[C@@H]21. The Hall–Kier alpha value is -0.790. The first kappa shape index (κ1) is 17.6. The molecule has 7 atom stereocenters. The van der Waals surface area contributed by atoms with Crippen molar-refractivity contribution in [1.82, 2.24) is 5.32 Å². The maximum Gasteiger partial charge on any atom is 0.243 e. The molecule has 0 aromatic heterocycles. The molecular weight excluding hydrogens is 306 g/mol. The normalized spacial score (nSPS) is 52.2. The summed E-state index contributed by atoms with van der Waals surface area (Å²) in [5.74, 6) is 2.44. The molecule has 1 N–H and O–H groups in total. The summed E-state index contributed by atoms with van der Waals surface area (Å²) in [4.78, 5) is 12.1. The first-order chi connectivity index (χ1) is 11.5. The van der Waals surface area contributed by atoms with E-state index < -0.39 is 0 Å². The molecule has 0 aromatic rings. The fourth-order valence-corrected chi connectivity index (χ4v) is 7.48. The monoisotopic (exact) mass is 343 g/mol. The highest BCUT2D eigenvalue weighted by molar-refractivity contribution is 5.89. The molecule has 0 bridgehead atoms. The maximum atomic E-state index is 12.1. The number of fused-ring (bicyclic) bond motifs is 5. The van der Waals surface area contributed by atoms with E-state index in [9.17, 15) is 4.79 Å². The lowest BCUT2D eigenvalue weighted by molar-refractivity contribution is -0.167. The molecule has 4 rings (SSSR count). The van der Waals surface area contributed by atoms with Gasteiger partial charge in [-0.05, 0) is 72.2 Å². The van der Waals surface area contributed by atoms with Crippen LogP contribution in [0.25, 0.3) is 0 Å². The first-order valence-corrected chi connectivity index (χ1v) is 10.5. The smallest absolute Gasteiger partial charge is 0.243 e. The molecule has 140 valence electrons. The minimum Gasteiger partial charge on any atom is -0.349 e. The second-order valence-electron chi connectivity index (χ2n) is 11.5. The van der Waals surface area contributed by atoms with Crippen molar-refractivity contribution in [2.45, 2.75) is 86.1 Å². The molecule has 3 fully saturated rings. The summed E-state index contributed by atoms with van der Waals surface area (Å²) < 4.78 is 0. The molecule has 0 unspecified atom stereocenters. The largest absolute Gasteiger partial charge is 0.349 e. The molecular formula is C23H37NO. The average molecular weight is 344 g/mol. The molecule has 0 radical (unpaired) electrons. The lowest BCUT2D eigenvalue weighted by Crippen LogP contribution is -2.66. The van der Waals surface area contributed by atoms with Gasteiger partial charge in [0.1, 0.15) is 0 Å². The first-order valence-electron chi connectivity index (χ1n) is 10.5. The third kappa shape index (κ3) is 2.24. The van der Waals surface area contributed by atoms with Gasteiger partial charge in [-0.25, -0.2) is 0 Å². The number of rotatable bonds is 0. The number of nitrogens with one attached hydrogen (secondary N) is 1. The second kappa shape index (κ2) is 5.14. The zero-order valence-corrected chi connectivity index (χ0v) is 17.1. The third-order valence-electron chi connectivity index (χ3n) is 9.59. The van der Waals surface area contributed by atoms with Gasteiger partial charge in [0.05, 0.1) is 0 Å². The molecule has 0 spiro atoms. The Morgan fingerprint density at radius 2 is 1.80 bits per heavy atom. The van der Waals surface area contributed by atoms with Crippen LogP contribution in [0.1, 0.15) is 80.1 Å². The summed E-state index contributed by atoms with van der Waals surface area (Å²) in [6, 6.07) is 0.293. The molecule has 4 aliphatic rings. The van der Waals surface area contributed by atoms with Crippen LogP contribution in [0, 0.1) is 39.4 Å². The van der Waals surface area contributed by atoms with Gasteiger partial charge >= 0.3 is 0 Å². The van der Waals surface area contributed by atoms with Crippen LogP contribution in [0.15, 0.2) is 12.2 Å². The third-order valence-corrected chi connectivity index (χ3v) is 9.59. The molecule has 2 nitrogen and oxygen atoms in total. The molecule has 25 heavy (non-hydrogen) atoms. The van der Waals surface area contributed by atoms with Crippen molar-refractivity contribution in [3.05, 3.63) is 12.2 Å². The van der Waals surface area contributed by atoms with E-state index in [2.05, 4.69) is 52.9 Å². The van der Waals surface area contributed by atoms with Gasteiger partial charge in [-0.1, -0.05) is 54.0 Å². The van der Waals surface area contributed by atoms with Crippen LogP contribution < -0.4 is 5.32 Å². The lowest BCUT2D eigenvalue weighted by atomic mass is 9.39. The molecule has 3 saturated carbocycles. The quantitative estimate of drug-likeness (QED) is 0.632. The predicted octanol–water partition coefficient (Wildman–Crippen LogP) is 5.34. The standard InChI is InChI=1S/C23H37NO/c1-20(2,3)23(6)14-17-22(5,13-10-18(25)24-17)16-9-12-21(4)11-7-8-15(21)19(16)23/h10,13,15-17,19H,7-9,11-12,14H2,1-6H3,(H,24,25)/t15-,16-,17+,19-,21-,22+,23-/m0/s1. The zero-order chi connectivity index (χ0) is 18.3. The van der Waals surface area contributed by atoms with Crippen LogP contribution in [0.5, 0.6) is 0 Å². The van der Waals surface area contributed by atoms with Crippen molar-refractivity contribution in [3.63, 3.8) is 0 Å². The molecule has 1 heterocycles. The van der Waals surface area contributed by atoms with Crippen molar-refractivity contribution in [2.75, 3.05) is 0 Å². The minimum absolute atomic E-state index is 0.110. The van der Waals surface area contributed by atoms with E-state index in [1.807, 2.05) is 6.08 Å². The van der Waals surface area contributed by atoms with E-state index in [1.165, 1.54) is 32.1 Å². The zero-order valence-electron chi connectivity index (χ0n) is 17.1. The van der Waals surface area contributed by atoms with E-state index in [0.717, 1.165) is 18.3 Å². The molecule has 3 aliphatic carbocycles. The average Bonchev–Trinajstić information content (AvgIpc) is 2.89. The summed E-state index contributed by atoms with van der Waals surface area (Å²) in [5.41, 5.74) is 1.22. The highest BCUT2D eigenvalue weighted by Crippen LogP contribution is 2.70. The topological polar surface area (TPSA) is 29.1 Å². The highest BCUT2D eigenvalue weighted by Gasteiger charge is 2.65. The number of amides is 1. The van der Waals surface area contributed by atoms with Gasteiger partial charge in [-0.15, -0.1) is 0 Å². The van der Waals surface area contributed by atoms with Crippen molar-refractivity contribution in [1.29, 1.82) is 0 Å². The van der Waals surface area contributed by atoms with Crippen LogP contribution in [-0.2, 0) is 4.79 Å². The summed E-state index contributed by atoms with van der Waals surface area (Å²) in [7, 11) is 0. The van der Waals surface area contributed by atoms with Crippen molar-refractivity contribution in [3.8, 4) is 0 Å². The van der Waals surface area contributed by atoms with Crippen molar-refractivity contribution < 1.29 is 4.79 Å². The van der Waals surface area contributed by atoms with Crippen molar-refractivity contribution in [2.24, 2.45) is 39.4 Å². The van der Waals surface area contributed by atoms with E-state index >= 15 is 0 Å². The Kier molecular flexibility index (Phi) is 3.62. The van der Waals surface area contributed by atoms with Crippen LogP contribution in [-0.4, -0.2) is 11.9 Å². The Labute approximate surface area is 154 Å². The van der Waals surface area contributed by atoms with E-state index in [0.29, 0.717) is 17.4 Å². The van der Waals surface area contributed by atoms with Gasteiger partial charge in [0.25, 0.3) is 0 Å². The van der Waals surface area contributed by atoms with Crippen LogP contribution in [0.4, 0.5) is 0 Å². The Morgan fingerprint density at radius 1 is 1.08 bits per heavy atom. The second-order valence-corrected chi connectivity index (χ2v) is 11.5. The maximum absolute atomic E-state index is 12.1. The van der Waals surface area contributed by atoms with E-state index in [4.69, 9.17) is 0 Å². The molecule has 0 aromatic carbocycles. The summed E-state index contributed by atoms with van der Waals surface area (Å²) in [5, 5.41) is 3.36. The predicted molar refractivity (Wildman–Crippen MR) is 103 cm³/mol. The molecule has 1 amide bonds. The number of hydrogen-bond donors (Lipinski definition) is 1. The van der Waals surface area contributed by atoms with Gasteiger partial charge in [0, 0.05) is 11.5 Å². The lowest BCUT2D eigenvalue weighted by Gasteiger charge is -2.67. The summed E-state index contributed by atoms with van der Waals surface area (Å²) in [6.45, 7) is 14.9. The van der Waals surface area contributed by atoms with E-state index in [-0.39, 0.29) is 22.2 Å². The van der Waals surface area contributed by atoms with Crippen molar-refractivity contribution >= 4 is 5.91 Å². The van der Waals surface area contributed by atoms with Crippen LogP contribution >= 0.6 is 0 Å². The Balaban J connectivity index is 1.85. The number of carbonyl (C=O) groups excluding carboxylic acids is 1. The highest BCUT2D eigenvalue weighted by atomic mass is 16.1. The summed E-state index contributed by atoms with van der Waals surface area (Å²) >= 11 is 0. The number of carbonyl (C=O) groups is 1. The molecule has 1 aliphatic heterocycles. The van der Waals surface area contributed by atoms with Gasteiger partial charge in [-0.3, -0.25) is 4.79 Å². The van der Waals surface area contributed by atoms with Crippen LogP contribution in [0.3, 0.4) is 0 Å².